The molecule has 2 rings (SSSR count). The molecule has 0 saturated carbocycles. The van der Waals surface area contributed by atoms with Gasteiger partial charge in [0.2, 0.25) is 0 Å². The summed E-state index contributed by atoms with van der Waals surface area (Å²) in [7, 11) is 0. The molecule has 3 nitrogen and oxygen atoms in total. The molecule has 212 valence electrons. The molecule has 0 N–H and O–H groups in total. The van der Waals surface area contributed by atoms with E-state index in [2.05, 4.69) is 57.3 Å². The Morgan fingerprint density at radius 2 is 0.974 bits per heavy atom. The topological polar surface area (TPSA) is 34.0 Å². The second-order valence-corrected chi connectivity index (χ2v) is 11.5. The van der Waals surface area contributed by atoms with Crippen LogP contribution in [0.3, 0.4) is 0 Å². The highest BCUT2D eigenvalue weighted by molar-refractivity contribution is 9.09. The number of alkyl halides is 1. The van der Waals surface area contributed by atoms with Crippen molar-refractivity contribution in [3.05, 3.63) is 54.1 Å². The number of hydrogen-bond donors (Lipinski definition) is 0. The lowest BCUT2D eigenvalue weighted by Crippen LogP contribution is -1.96. The molecule has 0 spiro atoms. The lowest BCUT2D eigenvalue weighted by atomic mass is 10.0. The monoisotopic (exact) mass is 584 g/mol. The SMILES string of the molecule is CCCCCCCCCCCCc1ccc(N=Nc2ccc(OCCCCCCCCCCBr)cc2)cc1. The first-order valence-electron chi connectivity index (χ1n) is 15.6. The van der Waals surface area contributed by atoms with E-state index in [1.807, 2.05) is 24.3 Å². The van der Waals surface area contributed by atoms with Crippen molar-refractivity contribution < 1.29 is 4.74 Å². The molecule has 0 aliphatic heterocycles. The molecular formula is C34H53BrN2O. The van der Waals surface area contributed by atoms with Gasteiger partial charge in [-0.15, -0.1) is 0 Å². The van der Waals surface area contributed by atoms with Gasteiger partial charge in [0.25, 0.3) is 0 Å². The van der Waals surface area contributed by atoms with Crippen molar-refractivity contribution in [1.82, 2.24) is 0 Å². The predicted octanol–water partition coefficient (Wildman–Crippen LogP) is 12.5. The van der Waals surface area contributed by atoms with Crippen molar-refractivity contribution in [2.45, 2.75) is 129 Å². The number of ether oxygens (including phenoxy) is 1. The second kappa shape index (κ2) is 23.2. The number of azo groups is 1. The van der Waals surface area contributed by atoms with Gasteiger partial charge in [-0.05, 0) is 67.6 Å². The maximum Gasteiger partial charge on any atom is 0.119 e. The van der Waals surface area contributed by atoms with Crippen LogP contribution in [0.5, 0.6) is 5.75 Å². The van der Waals surface area contributed by atoms with Gasteiger partial charge in [-0.25, -0.2) is 0 Å². The lowest BCUT2D eigenvalue weighted by molar-refractivity contribution is 0.304. The number of nitrogens with zero attached hydrogens (tertiary/aromatic N) is 2. The Labute approximate surface area is 242 Å². The van der Waals surface area contributed by atoms with E-state index in [0.29, 0.717) is 0 Å². The molecule has 0 amide bonds. The Hall–Kier alpha value is -1.68. The van der Waals surface area contributed by atoms with Crippen molar-refractivity contribution in [2.75, 3.05) is 11.9 Å². The molecule has 0 unspecified atom stereocenters. The van der Waals surface area contributed by atoms with Crippen molar-refractivity contribution in [3.63, 3.8) is 0 Å². The van der Waals surface area contributed by atoms with Gasteiger partial charge in [0.05, 0.1) is 18.0 Å². The van der Waals surface area contributed by atoms with E-state index >= 15 is 0 Å². The van der Waals surface area contributed by atoms with Crippen molar-refractivity contribution in [1.29, 1.82) is 0 Å². The summed E-state index contributed by atoms with van der Waals surface area (Å²) in [5.74, 6) is 0.912. The van der Waals surface area contributed by atoms with E-state index in [1.165, 1.54) is 115 Å². The van der Waals surface area contributed by atoms with Crippen LogP contribution in [0.25, 0.3) is 0 Å². The summed E-state index contributed by atoms with van der Waals surface area (Å²) in [6.45, 7) is 3.07. The molecule has 0 aromatic heterocycles. The Kier molecular flexibility index (Phi) is 19.9. The van der Waals surface area contributed by atoms with Crippen LogP contribution in [0.15, 0.2) is 58.8 Å². The van der Waals surface area contributed by atoms with Crippen molar-refractivity contribution in [3.8, 4) is 5.75 Å². The molecule has 0 saturated heterocycles. The van der Waals surface area contributed by atoms with Gasteiger partial charge in [0.15, 0.2) is 0 Å². The summed E-state index contributed by atoms with van der Waals surface area (Å²) in [4.78, 5) is 0. The third-order valence-corrected chi connectivity index (χ3v) is 7.73. The van der Waals surface area contributed by atoms with Crippen LogP contribution in [0.2, 0.25) is 0 Å². The van der Waals surface area contributed by atoms with Crippen LogP contribution < -0.4 is 4.74 Å². The maximum absolute atomic E-state index is 5.90. The van der Waals surface area contributed by atoms with Crippen LogP contribution >= 0.6 is 15.9 Å². The minimum absolute atomic E-state index is 0.788. The van der Waals surface area contributed by atoms with Crippen LogP contribution in [-0.2, 0) is 6.42 Å². The highest BCUT2D eigenvalue weighted by Crippen LogP contribution is 2.22. The molecule has 0 heterocycles. The molecule has 0 fully saturated rings. The Morgan fingerprint density at radius 3 is 1.50 bits per heavy atom. The van der Waals surface area contributed by atoms with Crippen molar-refractivity contribution in [2.24, 2.45) is 10.2 Å². The first-order chi connectivity index (χ1) is 18.8. The van der Waals surface area contributed by atoms with Gasteiger partial charge < -0.3 is 4.74 Å². The molecule has 2 aromatic rings. The fraction of sp³-hybridized carbons (Fsp3) is 0.647. The maximum atomic E-state index is 5.90. The highest BCUT2D eigenvalue weighted by Gasteiger charge is 1.99. The zero-order valence-corrected chi connectivity index (χ0v) is 25.7. The standard InChI is InChI=1S/C34H53BrN2O/c1-2-3-4-5-6-7-8-11-14-17-20-31-21-23-32(24-22-31)36-37-33-25-27-34(28-26-33)38-30-19-16-13-10-9-12-15-18-29-35/h21-28H,2-20,29-30H2,1H3. The average Bonchev–Trinajstić information content (AvgIpc) is 2.95. The van der Waals surface area contributed by atoms with E-state index in [-0.39, 0.29) is 0 Å². The number of hydrogen-bond acceptors (Lipinski definition) is 3. The smallest absolute Gasteiger partial charge is 0.119 e. The third-order valence-electron chi connectivity index (χ3n) is 7.17. The molecule has 0 bridgehead atoms. The molecule has 0 aliphatic rings. The minimum atomic E-state index is 0.788. The van der Waals surface area contributed by atoms with Gasteiger partial charge in [-0.2, -0.15) is 10.2 Å². The molecular weight excluding hydrogens is 532 g/mol. The number of halogens is 1. The number of unbranched alkanes of at least 4 members (excludes halogenated alkanes) is 16. The van der Waals surface area contributed by atoms with Gasteiger partial charge in [-0.1, -0.05) is 131 Å². The first kappa shape index (κ1) is 32.5. The van der Waals surface area contributed by atoms with Crippen LogP contribution in [0.1, 0.15) is 128 Å². The first-order valence-corrected chi connectivity index (χ1v) is 16.7. The zero-order valence-electron chi connectivity index (χ0n) is 24.1. The van der Waals surface area contributed by atoms with Crippen LogP contribution in [-0.4, -0.2) is 11.9 Å². The molecule has 4 heteroatoms. The molecule has 0 atom stereocenters. The summed E-state index contributed by atoms with van der Waals surface area (Å²) in [6.07, 6.45) is 25.4. The minimum Gasteiger partial charge on any atom is -0.494 e. The summed E-state index contributed by atoms with van der Waals surface area (Å²) < 4.78 is 5.90. The molecule has 0 aliphatic carbocycles. The Morgan fingerprint density at radius 1 is 0.526 bits per heavy atom. The number of benzene rings is 2. The number of rotatable bonds is 24. The molecule has 38 heavy (non-hydrogen) atoms. The zero-order chi connectivity index (χ0) is 26.9. The fourth-order valence-corrected chi connectivity index (χ4v) is 5.11. The molecule has 0 radical (unpaired) electrons. The van der Waals surface area contributed by atoms with Crippen LogP contribution in [0.4, 0.5) is 11.4 Å². The van der Waals surface area contributed by atoms with Gasteiger partial charge in [0, 0.05) is 5.33 Å². The summed E-state index contributed by atoms with van der Waals surface area (Å²) >= 11 is 3.50. The molecule has 2 aromatic carbocycles. The highest BCUT2D eigenvalue weighted by atomic mass is 79.9. The quantitative estimate of drug-likeness (QED) is 0.0685. The predicted molar refractivity (Wildman–Crippen MR) is 169 cm³/mol. The summed E-state index contributed by atoms with van der Waals surface area (Å²) in [5.41, 5.74) is 3.15. The average molecular weight is 586 g/mol. The van der Waals surface area contributed by atoms with E-state index in [9.17, 15) is 0 Å². The normalized spacial score (nSPS) is 11.4. The van der Waals surface area contributed by atoms with E-state index < -0.39 is 0 Å². The van der Waals surface area contributed by atoms with E-state index in [4.69, 9.17) is 4.74 Å². The van der Waals surface area contributed by atoms with E-state index in [0.717, 1.165) is 41.9 Å². The van der Waals surface area contributed by atoms with Crippen LogP contribution in [0, 0.1) is 0 Å². The fourth-order valence-electron chi connectivity index (χ4n) is 4.72. The largest absolute Gasteiger partial charge is 0.494 e. The van der Waals surface area contributed by atoms with Gasteiger partial charge in [-0.3, -0.25) is 0 Å². The summed E-state index contributed by atoms with van der Waals surface area (Å²) in [6, 6.07) is 16.5. The van der Waals surface area contributed by atoms with Gasteiger partial charge >= 0.3 is 0 Å². The summed E-state index contributed by atoms with van der Waals surface area (Å²) in [5, 5.41) is 9.95. The van der Waals surface area contributed by atoms with Gasteiger partial charge in [0.1, 0.15) is 5.75 Å². The second-order valence-electron chi connectivity index (χ2n) is 10.7. The number of aryl methyl sites for hydroxylation is 1. The van der Waals surface area contributed by atoms with Crippen molar-refractivity contribution >= 4 is 27.3 Å². The van der Waals surface area contributed by atoms with E-state index in [1.54, 1.807) is 0 Å². The third kappa shape index (κ3) is 17.0. The lowest BCUT2D eigenvalue weighted by Gasteiger charge is -2.06. The Bertz CT molecular complexity index is 750. The Balaban J connectivity index is 1.53.